The number of anilines is 1. The molecule has 0 spiro atoms. The number of carbonyl (C=O) groups is 2. The highest BCUT2D eigenvalue weighted by Gasteiger charge is 2.35. The summed E-state index contributed by atoms with van der Waals surface area (Å²) in [4.78, 5) is 27.8. The third kappa shape index (κ3) is 2.71. The van der Waals surface area contributed by atoms with Gasteiger partial charge in [-0.25, -0.2) is 4.79 Å². The van der Waals surface area contributed by atoms with Gasteiger partial charge in [0.2, 0.25) is 0 Å². The third-order valence-electron chi connectivity index (χ3n) is 5.19. The summed E-state index contributed by atoms with van der Waals surface area (Å²) in [6, 6.07) is 8.11. The molecule has 0 fully saturated rings. The van der Waals surface area contributed by atoms with Gasteiger partial charge in [0.15, 0.2) is 0 Å². The molecule has 5 nitrogen and oxygen atoms in total. The molecular weight excluding hydrogens is 328 g/mol. The molecule has 138 valence electrons. The Morgan fingerprint density at radius 2 is 1.88 bits per heavy atom. The van der Waals surface area contributed by atoms with Crippen LogP contribution in [0.1, 0.15) is 58.4 Å². The number of hydrogen-bond acceptors (Lipinski definition) is 3. The number of benzene rings is 1. The molecule has 2 aromatic rings. The van der Waals surface area contributed by atoms with Crippen LogP contribution in [0.2, 0.25) is 0 Å². The van der Waals surface area contributed by atoms with Crippen molar-refractivity contribution in [3.05, 3.63) is 52.3 Å². The molecule has 2 heterocycles. The number of esters is 1. The summed E-state index contributed by atoms with van der Waals surface area (Å²) < 4.78 is 7.10. The Labute approximate surface area is 154 Å². The maximum atomic E-state index is 13.5. The second kappa shape index (κ2) is 6.98. The van der Waals surface area contributed by atoms with Gasteiger partial charge in [0, 0.05) is 24.0 Å². The van der Waals surface area contributed by atoms with E-state index >= 15 is 0 Å². The lowest BCUT2D eigenvalue weighted by atomic mass is 10.1. The van der Waals surface area contributed by atoms with Gasteiger partial charge < -0.3 is 14.2 Å². The molecule has 1 unspecified atom stereocenters. The average Bonchev–Trinajstić information content (AvgIpc) is 3.07. The lowest BCUT2D eigenvalue weighted by molar-refractivity contribution is 0.0512. The number of amides is 1. The fraction of sp³-hybridized carbons (Fsp3) is 0.429. The van der Waals surface area contributed by atoms with E-state index in [-0.39, 0.29) is 17.9 Å². The minimum absolute atomic E-state index is 0.0461. The van der Waals surface area contributed by atoms with Gasteiger partial charge in [0.25, 0.3) is 5.91 Å². The van der Waals surface area contributed by atoms with Crippen molar-refractivity contribution in [2.24, 2.45) is 0 Å². The first-order valence-electron chi connectivity index (χ1n) is 9.20. The molecule has 1 aliphatic heterocycles. The van der Waals surface area contributed by atoms with Crippen LogP contribution >= 0.6 is 0 Å². The molecule has 0 saturated heterocycles. The molecule has 1 aliphatic rings. The minimum Gasteiger partial charge on any atom is -0.461 e. The molecule has 0 bridgehead atoms. The summed E-state index contributed by atoms with van der Waals surface area (Å²) >= 11 is 0. The van der Waals surface area contributed by atoms with Gasteiger partial charge in [-0.3, -0.25) is 4.79 Å². The summed E-state index contributed by atoms with van der Waals surface area (Å²) in [5, 5.41) is 0. The van der Waals surface area contributed by atoms with E-state index in [9.17, 15) is 9.59 Å². The Morgan fingerprint density at radius 1 is 1.19 bits per heavy atom. The van der Waals surface area contributed by atoms with Gasteiger partial charge in [0.1, 0.15) is 5.69 Å². The van der Waals surface area contributed by atoms with Gasteiger partial charge in [-0.2, -0.15) is 0 Å². The SMILES string of the molecule is CCOC(=O)c1c(C)c(C(=O)N2c3ccccc3CC2C)c(C)n1CC. The third-order valence-corrected chi connectivity index (χ3v) is 5.19. The Hall–Kier alpha value is -2.56. The van der Waals surface area contributed by atoms with Crippen LogP contribution in [-0.2, 0) is 17.7 Å². The number of carbonyl (C=O) groups excluding carboxylic acids is 2. The fourth-order valence-electron chi connectivity index (χ4n) is 4.06. The monoisotopic (exact) mass is 354 g/mol. The molecule has 1 aromatic carbocycles. The van der Waals surface area contributed by atoms with Crippen LogP contribution < -0.4 is 4.90 Å². The van der Waals surface area contributed by atoms with Crippen LogP contribution in [-0.4, -0.2) is 29.1 Å². The maximum Gasteiger partial charge on any atom is 0.355 e. The minimum atomic E-state index is -0.371. The van der Waals surface area contributed by atoms with E-state index in [2.05, 4.69) is 13.0 Å². The lowest BCUT2D eigenvalue weighted by Gasteiger charge is -2.23. The topological polar surface area (TPSA) is 51.5 Å². The van der Waals surface area contributed by atoms with E-state index in [0.29, 0.717) is 30.0 Å². The van der Waals surface area contributed by atoms with E-state index in [1.807, 2.05) is 48.4 Å². The van der Waals surface area contributed by atoms with Crippen molar-refractivity contribution in [3.8, 4) is 0 Å². The second-order valence-electron chi connectivity index (χ2n) is 6.76. The highest BCUT2D eigenvalue weighted by Crippen LogP contribution is 2.35. The van der Waals surface area contributed by atoms with Crippen molar-refractivity contribution < 1.29 is 14.3 Å². The first kappa shape index (κ1) is 18.2. The number of hydrogen-bond donors (Lipinski definition) is 0. The van der Waals surface area contributed by atoms with E-state index in [1.54, 1.807) is 6.92 Å². The number of ether oxygens (including phenoxy) is 1. The van der Waals surface area contributed by atoms with Crippen molar-refractivity contribution in [1.82, 2.24) is 4.57 Å². The van der Waals surface area contributed by atoms with E-state index < -0.39 is 0 Å². The van der Waals surface area contributed by atoms with Crippen molar-refractivity contribution >= 4 is 17.6 Å². The molecule has 0 radical (unpaired) electrons. The van der Waals surface area contributed by atoms with Gasteiger partial charge in [0.05, 0.1) is 12.2 Å². The van der Waals surface area contributed by atoms with Crippen LogP contribution in [0.25, 0.3) is 0 Å². The van der Waals surface area contributed by atoms with Gasteiger partial charge in [-0.15, -0.1) is 0 Å². The molecule has 26 heavy (non-hydrogen) atoms. The van der Waals surface area contributed by atoms with Crippen LogP contribution in [0.3, 0.4) is 0 Å². The number of fused-ring (bicyclic) bond motifs is 1. The molecule has 5 heteroatoms. The first-order chi connectivity index (χ1) is 12.4. The largest absolute Gasteiger partial charge is 0.461 e. The number of rotatable bonds is 4. The zero-order valence-corrected chi connectivity index (χ0v) is 16.1. The summed E-state index contributed by atoms with van der Waals surface area (Å²) in [7, 11) is 0. The van der Waals surface area contributed by atoms with Gasteiger partial charge in [-0.1, -0.05) is 18.2 Å². The number of para-hydroxylation sites is 1. The summed E-state index contributed by atoms with van der Waals surface area (Å²) in [5.41, 5.74) is 4.75. The predicted octanol–water partition coefficient (Wildman–Crippen LogP) is 3.89. The quantitative estimate of drug-likeness (QED) is 0.783. The summed E-state index contributed by atoms with van der Waals surface area (Å²) in [6.07, 6.45) is 0.846. The van der Waals surface area contributed by atoms with Crippen LogP contribution in [0.5, 0.6) is 0 Å². The molecule has 0 N–H and O–H groups in total. The smallest absolute Gasteiger partial charge is 0.355 e. The molecular formula is C21H26N2O3. The lowest BCUT2D eigenvalue weighted by Crippen LogP contribution is -2.36. The second-order valence-corrected chi connectivity index (χ2v) is 6.76. The van der Waals surface area contributed by atoms with Crippen molar-refractivity contribution in [2.75, 3.05) is 11.5 Å². The first-order valence-corrected chi connectivity index (χ1v) is 9.20. The Kier molecular flexibility index (Phi) is 4.90. The molecule has 1 amide bonds. The summed E-state index contributed by atoms with van der Waals surface area (Å²) in [5.74, 6) is -0.418. The normalized spacial score (nSPS) is 15.9. The standard InChI is InChI=1S/C21H26N2O3/c1-6-22-15(5)18(14(4)19(22)21(25)26-7-2)20(24)23-13(3)12-16-10-8-9-11-17(16)23/h8-11,13H,6-7,12H2,1-5H3. The molecule has 1 atom stereocenters. The number of aromatic nitrogens is 1. The van der Waals surface area contributed by atoms with E-state index in [0.717, 1.165) is 17.8 Å². The summed E-state index contributed by atoms with van der Waals surface area (Å²) in [6.45, 7) is 10.5. The van der Waals surface area contributed by atoms with Crippen LogP contribution in [0, 0.1) is 13.8 Å². The zero-order chi connectivity index (χ0) is 19.0. The highest BCUT2D eigenvalue weighted by atomic mass is 16.5. The van der Waals surface area contributed by atoms with E-state index in [1.165, 1.54) is 5.56 Å². The molecule has 0 saturated carbocycles. The van der Waals surface area contributed by atoms with Crippen LogP contribution in [0.4, 0.5) is 5.69 Å². The van der Waals surface area contributed by atoms with Gasteiger partial charge >= 0.3 is 5.97 Å². The van der Waals surface area contributed by atoms with Crippen LogP contribution in [0.15, 0.2) is 24.3 Å². The van der Waals surface area contributed by atoms with Gasteiger partial charge in [-0.05, 0) is 58.2 Å². The molecule has 1 aromatic heterocycles. The fourth-order valence-corrected chi connectivity index (χ4v) is 4.06. The Balaban J connectivity index is 2.10. The zero-order valence-electron chi connectivity index (χ0n) is 16.1. The highest BCUT2D eigenvalue weighted by molar-refractivity contribution is 6.11. The maximum absolute atomic E-state index is 13.5. The molecule has 0 aliphatic carbocycles. The average molecular weight is 354 g/mol. The predicted molar refractivity (Wildman–Crippen MR) is 102 cm³/mol. The van der Waals surface area contributed by atoms with Crippen molar-refractivity contribution in [3.63, 3.8) is 0 Å². The molecule has 3 rings (SSSR count). The number of nitrogens with zero attached hydrogens (tertiary/aromatic N) is 2. The Bertz CT molecular complexity index is 866. The Morgan fingerprint density at radius 3 is 2.54 bits per heavy atom. The van der Waals surface area contributed by atoms with E-state index in [4.69, 9.17) is 4.74 Å². The van der Waals surface area contributed by atoms with Crippen molar-refractivity contribution in [2.45, 2.75) is 53.6 Å². The van der Waals surface area contributed by atoms with Crippen molar-refractivity contribution in [1.29, 1.82) is 0 Å².